The summed E-state index contributed by atoms with van der Waals surface area (Å²) in [6.07, 6.45) is 2.89. The maximum Gasteiger partial charge on any atom is 0.289 e. The third-order valence-corrected chi connectivity index (χ3v) is 6.54. The van der Waals surface area contributed by atoms with Crippen molar-refractivity contribution in [2.45, 2.75) is 37.8 Å². The monoisotopic (exact) mass is 477 g/mol. The molecule has 1 amide bonds. The number of carbonyl (C=O) groups excluding carboxylic acids is 1. The van der Waals surface area contributed by atoms with Crippen molar-refractivity contribution in [3.63, 3.8) is 0 Å². The minimum absolute atomic E-state index is 0.186. The average Bonchev–Trinajstić information content (AvgIpc) is 3.18. The molecule has 0 radical (unpaired) electrons. The van der Waals surface area contributed by atoms with Gasteiger partial charge in [-0.05, 0) is 43.2 Å². The molecule has 0 aliphatic heterocycles. The summed E-state index contributed by atoms with van der Waals surface area (Å²) in [5.74, 6) is -0.0938. The largest absolute Gasteiger partial charge is 0.391 e. The topological polar surface area (TPSA) is 69.2 Å². The lowest BCUT2D eigenvalue weighted by Crippen LogP contribution is -2.46. The summed E-state index contributed by atoms with van der Waals surface area (Å²) in [5.41, 5.74) is 2.68. The van der Waals surface area contributed by atoms with Crippen LogP contribution in [0.15, 0.2) is 42.5 Å². The number of amides is 1. The van der Waals surface area contributed by atoms with Gasteiger partial charge in [-0.25, -0.2) is 4.98 Å². The Labute approximate surface area is 196 Å². The fourth-order valence-corrected chi connectivity index (χ4v) is 4.66. The van der Waals surface area contributed by atoms with Gasteiger partial charge in [-0.3, -0.25) is 4.79 Å². The summed E-state index contributed by atoms with van der Waals surface area (Å²) >= 11 is 18.6. The van der Waals surface area contributed by atoms with E-state index in [-0.39, 0.29) is 17.8 Å². The molecule has 1 aromatic heterocycles. The van der Waals surface area contributed by atoms with Crippen molar-refractivity contribution in [3.8, 4) is 22.5 Å². The van der Waals surface area contributed by atoms with E-state index in [1.165, 1.54) is 0 Å². The average molecular weight is 479 g/mol. The maximum atomic E-state index is 13.3. The van der Waals surface area contributed by atoms with Crippen molar-refractivity contribution >= 4 is 40.7 Å². The molecule has 0 spiro atoms. The summed E-state index contributed by atoms with van der Waals surface area (Å²) in [6.45, 7) is 0. The van der Waals surface area contributed by atoms with E-state index >= 15 is 0 Å². The Morgan fingerprint density at radius 2 is 1.74 bits per heavy atom. The van der Waals surface area contributed by atoms with E-state index < -0.39 is 6.10 Å². The second-order valence-electron chi connectivity index (χ2n) is 7.78. The van der Waals surface area contributed by atoms with Gasteiger partial charge in [-0.1, -0.05) is 59.8 Å². The summed E-state index contributed by atoms with van der Waals surface area (Å²) in [6, 6.07) is 12.2. The van der Waals surface area contributed by atoms with Crippen molar-refractivity contribution in [2.24, 2.45) is 0 Å². The molecule has 5 nitrogen and oxygen atoms in total. The molecule has 1 fully saturated rings. The zero-order valence-electron chi connectivity index (χ0n) is 16.9. The normalized spacial score (nSPS) is 18.7. The highest BCUT2D eigenvalue weighted by molar-refractivity contribution is 6.36. The van der Waals surface area contributed by atoms with Gasteiger partial charge in [-0.15, -0.1) is 0 Å². The molecule has 1 saturated carbocycles. The van der Waals surface area contributed by atoms with Crippen LogP contribution in [-0.2, 0) is 0 Å². The Kier molecular flexibility index (Phi) is 6.58. The number of aromatic nitrogens is 2. The molecule has 1 aliphatic carbocycles. The number of aliphatic hydroxyl groups is 1. The minimum Gasteiger partial charge on any atom is -0.391 e. The maximum absolute atomic E-state index is 13.3. The first-order valence-electron chi connectivity index (χ1n) is 10.1. The molecule has 8 heteroatoms. The molecule has 3 aromatic rings. The molecule has 4 rings (SSSR count). The van der Waals surface area contributed by atoms with Gasteiger partial charge in [0.15, 0.2) is 5.82 Å². The first-order chi connectivity index (χ1) is 14.8. The first-order valence-corrected chi connectivity index (χ1v) is 11.2. The van der Waals surface area contributed by atoms with Crippen LogP contribution < -0.4 is 0 Å². The van der Waals surface area contributed by atoms with Gasteiger partial charge in [0.2, 0.25) is 0 Å². The summed E-state index contributed by atoms with van der Waals surface area (Å²) in [5, 5.41) is 11.9. The quantitative estimate of drug-likeness (QED) is 0.477. The van der Waals surface area contributed by atoms with Gasteiger partial charge in [0, 0.05) is 28.2 Å². The minimum atomic E-state index is -0.529. The molecule has 1 heterocycles. The van der Waals surface area contributed by atoms with E-state index in [1.54, 1.807) is 42.3 Å². The zero-order valence-corrected chi connectivity index (χ0v) is 19.2. The van der Waals surface area contributed by atoms with Crippen LogP contribution in [0, 0.1) is 0 Å². The summed E-state index contributed by atoms with van der Waals surface area (Å²) < 4.78 is 0. The Morgan fingerprint density at radius 3 is 2.42 bits per heavy atom. The van der Waals surface area contributed by atoms with E-state index in [0.29, 0.717) is 38.4 Å². The van der Waals surface area contributed by atoms with E-state index in [1.807, 2.05) is 12.1 Å². The van der Waals surface area contributed by atoms with Crippen LogP contribution in [0.4, 0.5) is 0 Å². The zero-order chi connectivity index (χ0) is 22.1. The van der Waals surface area contributed by atoms with E-state index in [0.717, 1.165) is 24.8 Å². The number of carbonyl (C=O) groups is 1. The number of benzene rings is 2. The van der Waals surface area contributed by atoms with Gasteiger partial charge in [0.05, 0.1) is 28.6 Å². The smallest absolute Gasteiger partial charge is 0.289 e. The van der Waals surface area contributed by atoms with Crippen molar-refractivity contribution in [1.82, 2.24) is 14.9 Å². The molecule has 2 aromatic carbocycles. The fraction of sp³-hybridized carbons (Fsp3) is 0.304. The van der Waals surface area contributed by atoms with Crippen LogP contribution in [0.1, 0.15) is 36.3 Å². The number of hydrogen-bond acceptors (Lipinski definition) is 3. The van der Waals surface area contributed by atoms with E-state index in [9.17, 15) is 9.90 Å². The number of hydrogen-bond donors (Lipinski definition) is 2. The Morgan fingerprint density at radius 1 is 1.06 bits per heavy atom. The molecule has 31 heavy (non-hydrogen) atoms. The molecular weight excluding hydrogens is 457 g/mol. The number of likely N-dealkylation sites (N-methyl/N-ethyl adjacent to an activating group) is 1. The van der Waals surface area contributed by atoms with E-state index in [4.69, 9.17) is 34.8 Å². The van der Waals surface area contributed by atoms with Crippen molar-refractivity contribution in [3.05, 3.63) is 63.4 Å². The number of aromatic amines is 1. The number of nitrogens with zero attached hydrogens (tertiary/aromatic N) is 2. The standard InChI is InChI=1S/C23H22Cl3N3O2/c1-29(18-4-2-3-5-19(18)30)23(31)22-27-20(13-6-8-14(24)9-7-13)21(28-22)16-11-10-15(25)12-17(16)26/h6-12,18-19,30H,2-5H2,1H3,(H,27,28)/t18-,19+/m1/s1. The van der Waals surface area contributed by atoms with Crippen LogP contribution in [0.2, 0.25) is 15.1 Å². The van der Waals surface area contributed by atoms with E-state index in [2.05, 4.69) is 9.97 Å². The van der Waals surface area contributed by atoms with Crippen LogP contribution >= 0.6 is 34.8 Å². The molecule has 2 N–H and O–H groups in total. The van der Waals surface area contributed by atoms with Gasteiger partial charge in [0.1, 0.15) is 0 Å². The van der Waals surface area contributed by atoms with Gasteiger partial charge < -0.3 is 15.0 Å². The van der Waals surface area contributed by atoms with Crippen LogP contribution in [0.3, 0.4) is 0 Å². The number of imidazole rings is 1. The highest BCUT2D eigenvalue weighted by Gasteiger charge is 2.31. The molecule has 0 bridgehead atoms. The SMILES string of the molecule is CN(C(=O)c1nc(-c2ccc(Cl)cc2Cl)c(-c2ccc(Cl)cc2)[nH]1)[C@@H]1CCCC[C@@H]1O. The Hall–Kier alpha value is -2.05. The fourth-order valence-electron chi connectivity index (χ4n) is 4.04. The molecule has 2 atom stereocenters. The van der Waals surface area contributed by atoms with Crippen LogP contribution in [0.25, 0.3) is 22.5 Å². The van der Waals surface area contributed by atoms with Crippen LogP contribution in [0.5, 0.6) is 0 Å². The number of aliphatic hydroxyl groups excluding tert-OH is 1. The second kappa shape index (κ2) is 9.21. The predicted octanol–water partition coefficient (Wildman–Crippen LogP) is 6.08. The number of rotatable bonds is 4. The van der Waals surface area contributed by atoms with Gasteiger partial charge in [0.25, 0.3) is 5.91 Å². The Balaban J connectivity index is 1.77. The highest BCUT2D eigenvalue weighted by Crippen LogP contribution is 2.36. The van der Waals surface area contributed by atoms with Crippen molar-refractivity contribution in [2.75, 3.05) is 7.05 Å². The highest BCUT2D eigenvalue weighted by atomic mass is 35.5. The number of halogens is 3. The van der Waals surface area contributed by atoms with Crippen molar-refractivity contribution in [1.29, 1.82) is 0 Å². The van der Waals surface area contributed by atoms with Gasteiger partial charge >= 0.3 is 0 Å². The molecule has 0 unspecified atom stereocenters. The molecule has 0 saturated heterocycles. The van der Waals surface area contributed by atoms with Crippen molar-refractivity contribution < 1.29 is 9.90 Å². The predicted molar refractivity (Wildman–Crippen MR) is 125 cm³/mol. The molecule has 162 valence electrons. The molecule has 1 aliphatic rings. The molecular formula is C23H22Cl3N3O2. The lowest BCUT2D eigenvalue weighted by molar-refractivity contribution is 0.0261. The second-order valence-corrected chi connectivity index (χ2v) is 9.06. The summed E-state index contributed by atoms with van der Waals surface area (Å²) in [7, 11) is 1.71. The number of nitrogens with one attached hydrogen (secondary N) is 1. The van der Waals surface area contributed by atoms with Crippen LogP contribution in [-0.4, -0.2) is 45.1 Å². The lowest BCUT2D eigenvalue weighted by atomic mass is 9.91. The number of H-pyrrole nitrogens is 1. The van der Waals surface area contributed by atoms with Gasteiger partial charge in [-0.2, -0.15) is 0 Å². The lowest BCUT2D eigenvalue weighted by Gasteiger charge is -2.34. The third-order valence-electron chi connectivity index (χ3n) is 5.74. The third kappa shape index (κ3) is 4.60. The Bertz CT molecular complexity index is 1100. The summed E-state index contributed by atoms with van der Waals surface area (Å²) in [4.78, 5) is 22.6. The first kappa shape index (κ1) is 22.2.